The molecule has 5 rings (SSSR count). The Morgan fingerprint density at radius 3 is 2.51 bits per heavy atom. The maximum Gasteiger partial charge on any atom is 0.312 e. The summed E-state index contributed by atoms with van der Waals surface area (Å²) < 4.78 is 11.8. The molecule has 3 saturated heterocycles. The Balaban J connectivity index is 1.56. The van der Waals surface area contributed by atoms with Crippen molar-refractivity contribution in [2.24, 2.45) is 11.8 Å². The fraction of sp³-hybridized carbons (Fsp3) is 0.483. The average Bonchev–Trinajstić information content (AvgIpc) is 3.53. The lowest BCUT2D eigenvalue weighted by molar-refractivity contribution is -0.155. The minimum Gasteiger partial charge on any atom is -0.466 e. The van der Waals surface area contributed by atoms with Gasteiger partial charge in [-0.05, 0) is 56.7 Å². The number of anilines is 1. The monoisotopic (exact) mass is 506 g/mol. The van der Waals surface area contributed by atoms with Crippen LogP contribution in [0.15, 0.2) is 48.5 Å². The predicted octanol–water partition coefficient (Wildman–Crippen LogP) is 2.78. The molecule has 2 amide bonds. The Bertz CT molecular complexity index is 1180. The van der Waals surface area contributed by atoms with Crippen LogP contribution < -0.4 is 5.32 Å². The number of likely N-dealkylation sites (tertiary alicyclic amines) is 1. The summed E-state index contributed by atoms with van der Waals surface area (Å²) in [4.78, 5) is 42.7. The zero-order valence-corrected chi connectivity index (χ0v) is 21.5. The molecule has 2 aromatic carbocycles. The molecule has 2 unspecified atom stereocenters. The molecule has 2 aromatic rings. The molecule has 0 aromatic heterocycles. The molecular weight excluding hydrogens is 472 g/mol. The highest BCUT2D eigenvalue weighted by molar-refractivity contribution is 6.04. The summed E-state index contributed by atoms with van der Waals surface area (Å²) in [5.41, 5.74) is 2.29. The Morgan fingerprint density at radius 2 is 1.86 bits per heavy atom. The fourth-order valence-corrected chi connectivity index (χ4v) is 6.63. The third-order valence-corrected chi connectivity index (χ3v) is 8.19. The molecule has 3 heterocycles. The molecule has 8 nitrogen and oxygen atoms in total. The number of carbonyl (C=O) groups is 3. The number of benzene rings is 2. The van der Waals surface area contributed by atoms with Crippen LogP contribution in [0.5, 0.6) is 0 Å². The van der Waals surface area contributed by atoms with Gasteiger partial charge in [0.25, 0.3) is 0 Å². The molecule has 2 bridgehead atoms. The highest BCUT2D eigenvalue weighted by Crippen LogP contribution is 2.59. The normalized spacial score (nSPS) is 28.8. The number of nitrogens with one attached hydrogen (secondary N) is 1. The third-order valence-electron chi connectivity index (χ3n) is 8.19. The summed E-state index contributed by atoms with van der Waals surface area (Å²) in [7, 11) is 0. The summed E-state index contributed by atoms with van der Waals surface area (Å²) in [5.74, 6) is -2.77. The van der Waals surface area contributed by atoms with E-state index < -0.39 is 41.6 Å². The summed E-state index contributed by atoms with van der Waals surface area (Å²) >= 11 is 0. The molecule has 0 saturated carbocycles. The molecule has 2 N–H and O–H groups in total. The van der Waals surface area contributed by atoms with E-state index in [1.54, 1.807) is 6.92 Å². The van der Waals surface area contributed by atoms with Crippen LogP contribution in [-0.2, 0) is 30.3 Å². The molecule has 3 fully saturated rings. The Hall–Kier alpha value is -3.23. The van der Waals surface area contributed by atoms with Crippen molar-refractivity contribution in [2.45, 2.75) is 63.8 Å². The first-order valence-electron chi connectivity index (χ1n) is 13.0. The van der Waals surface area contributed by atoms with E-state index >= 15 is 0 Å². The molecule has 37 heavy (non-hydrogen) atoms. The zero-order valence-electron chi connectivity index (χ0n) is 21.5. The molecule has 1 spiro atoms. The van der Waals surface area contributed by atoms with Gasteiger partial charge in [-0.25, -0.2) is 0 Å². The summed E-state index contributed by atoms with van der Waals surface area (Å²) in [6.07, 6.45) is 0.949. The number of aliphatic hydroxyl groups excluding tert-OH is 1. The number of nitrogens with zero attached hydrogens (tertiary/aromatic N) is 1. The highest BCUT2D eigenvalue weighted by atomic mass is 16.6. The van der Waals surface area contributed by atoms with Crippen molar-refractivity contribution in [3.05, 3.63) is 65.2 Å². The maximum atomic E-state index is 14.1. The van der Waals surface area contributed by atoms with E-state index in [1.165, 1.54) is 4.90 Å². The first kappa shape index (κ1) is 25.4. The van der Waals surface area contributed by atoms with Gasteiger partial charge >= 0.3 is 5.97 Å². The molecular formula is C29H34N2O6. The van der Waals surface area contributed by atoms with Gasteiger partial charge in [0.15, 0.2) is 0 Å². The van der Waals surface area contributed by atoms with Crippen molar-refractivity contribution in [3.63, 3.8) is 0 Å². The molecule has 3 aliphatic rings. The van der Waals surface area contributed by atoms with Crippen LogP contribution in [0, 0.1) is 25.7 Å². The van der Waals surface area contributed by atoms with E-state index in [2.05, 4.69) is 5.32 Å². The van der Waals surface area contributed by atoms with Crippen LogP contribution in [0.1, 0.15) is 36.5 Å². The first-order valence-corrected chi connectivity index (χ1v) is 13.0. The Labute approximate surface area is 216 Å². The number of aliphatic hydroxyl groups is 1. The second-order valence-corrected chi connectivity index (χ2v) is 10.3. The first-order chi connectivity index (χ1) is 17.8. The van der Waals surface area contributed by atoms with Crippen molar-refractivity contribution in [1.82, 2.24) is 4.90 Å². The topological polar surface area (TPSA) is 105 Å². The minimum atomic E-state index is -1.15. The van der Waals surface area contributed by atoms with Gasteiger partial charge in [-0.1, -0.05) is 48.5 Å². The quantitative estimate of drug-likeness (QED) is 0.534. The number of para-hydroxylation sites is 1. The third kappa shape index (κ3) is 4.12. The van der Waals surface area contributed by atoms with Crippen LogP contribution in [0.4, 0.5) is 5.69 Å². The van der Waals surface area contributed by atoms with Crippen LogP contribution in [-0.4, -0.2) is 64.8 Å². The van der Waals surface area contributed by atoms with Gasteiger partial charge in [-0.3, -0.25) is 14.4 Å². The van der Waals surface area contributed by atoms with Crippen LogP contribution in [0.3, 0.4) is 0 Å². The number of esters is 1. The number of aryl methyl sites for hydroxylation is 2. The molecule has 3 aliphatic heterocycles. The number of hydrogen-bond acceptors (Lipinski definition) is 6. The van der Waals surface area contributed by atoms with Crippen LogP contribution in [0.25, 0.3) is 0 Å². The van der Waals surface area contributed by atoms with E-state index in [0.29, 0.717) is 24.9 Å². The van der Waals surface area contributed by atoms with Gasteiger partial charge in [0.05, 0.1) is 37.2 Å². The summed E-state index contributed by atoms with van der Waals surface area (Å²) in [6, 6.07) is 13.7. The molecule has 6 atom stereocenters. The van der Waals surface area contributed by atoms with Crippen molar-refractivity contribution in [1.29, 1.82) is 0 Å². The molecule has 8 heteroatoms. The predicted molar refractivity (Wildman–Crippen MR) is 137 cm³/mol. The number of rotatable bonds is 8. The van der Waals surface area contributed by atoms with E-state index in [4.69, 9.17) is 9.47 Å². The summed E-state index contributed by atoms with van der Waals surface area (Å²) in [6.45, 7) is 5.43. The van der Waals surface area contributed by atoms with Crippen molar-refractivity contribution >= 4 is 23.5 Å². The van der Waals surface area contributed by atoms with E-state index in [1.807, 2.05) is 62.4 Å². The number of fused-ring (bicyclic) bond motifs is 1. The SMILES string of the molecule is CCOC(=O)[C@@H]1[C@@H]2CCC3(O2)C(C(=O)Nc2c(C)cccc2C)N([C@@H](CO)Cc2ccccc2)C(=O)[C@H]13. The number of hydrogen-bond donors (Lipinski definition) is 2. The molecule has 0 radical (unpaired) electrons. The molecule has 196 valence electrons. The second kappa shape index (κ2) is 9.91. The van der Waals surface area contributed by atoms with Gasteiger partial charge in [-0.2, -0.15) is 0 Å². The van der Waals surface area contributed by atoms with Crippen molar-refractivity contribution < 1.29 is 29.0 Å². The fourth-order valence-electron chi connectivity index (χ4n) is 6.63. The van der Waals surface area contributed by atoms with Gasteiger partial charge < -0.3 is 24.8 Å². The standard InChI is InChI=1S/C29H34N2O6/c1-4-36-28(35)22-21-13-14-29(37-21)23(22)27(34)31(20(16-32)15-19-11-6-5-7-12-19)25(29)26(33)30-24-17(2)9-8-10-18(24)3/h5-12,20-23,25,32H,4,13-16H2,1-3H3,(H,30,33)/t20-,21+,22-,23+,25?,29?/m1/s1. The average molecular weight is 507 g/mol. The van der Waals surface area contributed by atoms with Crippen LogP contribution >= 0.6 is 0 Å². The van der Waals surface area contributed by atoms with Gasteiger partial charge in [0.1, 0.15) is 11.6 Å². The Morgan fingerprint density at radius 1 is 1.16 bits per heavy atom. The maximum absolute atomic E-state index is 14.1. The zero-order chi connectivity index (χ0) is 26.3. The largest absolute Gasteiger partial charge is 0.466 e. The van der Waals surface area contributed by atoms with Gasteiger partial charge in [0, 0.05) is 5.69 Å². The Kier molecular flexibility index (Phi) is 6.81. The van der Waals surface area contributed by atoms with E-state index in [0.717, 1.165) is 16.7 Å². The summed E-state index contributed by atoms with van der Waals surface area (Å²) in [5, 5.41) is 13.5. The van der Waals surface area contributed by atoms with Crippen molar-refractivity contribution in [3.8, 4) is 0 Å². The number of ether oxygens (including phenoxy) is 2. The lowest BCUT2D eigenvalue weighted by atomic mass is 9.70. The van der Waals surface area contributed by atoms with E-state index in [9.17, 15) is 19.5 Å². The van der Waals surface area contributed by atoms with Crippen LogP contribution in [0.2, 0.25) is 0 Å². The van der Waals surface area contributed by atoms with Gasteiger partial charge in [-0.15, -0.1) is 0 Å². The second-order valence-electron chi connectivity index (χ2n) is 10.3. The van der Waals surface area contributed by atoms with E-state index in [-0.39, 0.29) is 25.0 Å². The highest BCUT2D eigenvalue weighted by Gasteiger charge is 2.75. The lowest BCUT2D eigenvalue weighted by Gasteiger charge is -2.37. The van der Waals surface area contributed by atoms with Gasteiger partial charge in [0.2, 0.25) is 11.8 Å². The molecule has 0 aliphatic carbocycles. The smallest absolute Gasteiger partial charge is 0.312 e. The number of carbonyl (C=O) groups excluding carboxylic acids is 3. The van der Waals surface area contributed by atoms with Crippen molar-refractivity contribution in [2.75, 3.05) is 18.5 Å². The lowest BCUT2D eigenvalue weighted by Crippen LogP contribution is -2.56. The minimum absolute atomic E-state index is 0.198. The number of amides is 2.